The highest BCUT2D eigenvalue weighted by molar-refractivity contribution is 4.86. The molecule has 92 valence electrons. The Bertz CT molecular complexity index is 210. The molecule has 2 aliphatic carbocycles. The number of hydrogen-bond acceptors (Lipinski definition) is 0. The molecular weight excluding hydrogens is 192 g/mol. The number of rotatable bonds is 2. The van der Waals surface area contributed by atoms with E-state index in [1.807, 2.05) is 0 Å². The van der Waals surface area contributed by atoms with E-state index in [1.54, 1.807) is 0 Å². The fourth-order valence-electron chi connectivity index (χ4n) is 3.84. The molecule has 2 aliphatic rings. The van der Waals surface area contributed by atoms with Crippen molar-refractivity contribution in [3.63, 3.8) is 0 Å². The van der Waals surface area contributed by atoms with Gasteiger partial charge in [-0.15, -0.1) is 6.58 Å². The van der Waals surface area contributed by atoms with Crippen LogP contribution in [-0.4, -0.2) is 0 Å². The Kier molecular flexibility index (Phi) is 4.49. The first kappa shape index (κ1) is 12.2. The average Bonchev–Trinajstić information content (AvgIpc) is 2.54. The van der Waals surface area contributed by atoms with Gasteiger partial charge in [0.05, 0.1) is 0 Å². The van der Waals surface area contributed by atoms with E-state index >= 15 is 0 Å². The second-order valence-electron chi connectivity index (χ2n) is 6.28. The van der Waals surface area contributed by atoms with Crippen molar-refractivity contribution < 1.29 is 0 Å². The van der Waals surface area contributed by atoms with Crippen LogP contribution in [0.5, 0.6) is 0 Å². The lowest BCUT2D eigenvalue weighted by molar-refractivity contribution is 0.204. The molecule has 2 unspecified atom stereocenters. The van der Waals surface area contributed by atoms with Crippen molar-refractivity contribution in [2.45, 2.75) is 64.7 Å². The van der Waals surface area contributed by atoms with Crippen molar-refractivity contribution in [3.8, 4) is 0 Å². The van der Waals surface area contributed by atoms with Gasteiger partial charge in [-0.05, 0) is 55.8 Å². The molecule has 0 aromatic rings. The molecule has 0 aromatic heterocycles. The largest absolute Gasteiger partial charge is 0.103 e. The molecule has 16 heavy (non-hydrogen) atoms. The fraction of sp³-hybridized carbons (Fsp3) is 0.875. The van der Waals surface area contributed by atoms with Crippen LogP contribution in [0.1, 0.15) is 64.7 Å². The molecular formula is C16H28. The monoisotopic (exact) mass is 220 g/mol. The van der Waals surface area contributed by atoms with Crippen molar-refractivity contribution in [3.05, 3.63) is 12.7 Å². The van der Waals surface area contributed by atoms with Gasteiger partial charge in [0.25, 0.3) is 0 Å². The predicted molar refractivity (Wildman–Crippen MR) is 71.4 cm³/mol. The molecule has 2 saturated carbocycles. The molecule has 0 aromatic carbocycles. The topological polar surface area (TPSA) is 0 Å². The van der Waals surface area contributed by atoms with E-state index in [2.05, 4.69) is 19.6 Å². The summed E-state index contributed by atoms with van der Waals surface area (Å²) >= 11 is 0. The summed E-state index contributed by atoms with van der Waals surface area (Å²) in [6.07, 6.45) is 15.5. The SMILES string of the molecule is C=CC1CCC(C2CCCC(C)CC2)CC1. The Balaban J connectivity index is 1.81. The third-order valence-electron chi connectivity index (χ3n) is 5.12. The van der Waals surface area contributed by atoms with Crippen LogP contribution in [0.4, 0.5) is 0 Å². The minimum absolute atomic E-state index is 0.834. The van der Waals surface area contributed by atoms with E-state index in [9.17, 15) is 0 Å². The van der Waals surface area contributed by atoms with Gasteiger partial charge >= 0.3 is 0 Å². The minimum atomic E-state index is 0.834. The van der Waals surface area contributed by atoms with E-state index in [0.29, 0.717) is 0 Å². The van der Waals surface area contributed by atoms with Crippen LogP contribution in [0.15, 0.2) is 12.7 Å². The zero-order valence-corrected chi connectivity index (χ0v) is 11.0. The Morgan fingerprint density at radius 2 is 1.44 bits per heavy atom. The molecule has 2 fully saturated rings. The highest BCUT2D eigenvalue weighted by Gasteiger charge is 2.27. The smallest absolute Gasteiger partial charge is 0.0236 e. The van der Waals surface area contributed by atoms with Crippen molar-refractivity contribution >= 4 is 0 Å². The molecule has 0 bridgehead atoms. The van der Waals surface area contributed by atoms with Crippen LogP contribution in [0.3, 0.4) is 0 Å². The lowest BCUT2D eigenvalue weighted by atomic mass is 9.73. The lowest BCUT2D eigenvalue weighted by Crippen LogP contribution is -2.20. The highest BCUT2D eigenvalue weighted by Crippen LogP contribution is 2.40. The van der Waals surface area contributed by atoms with Crippen LogP contribution in [0, 0.1) is 23.7 Å². The van der Waals surface area contributed by atoms with E-state index in [4.69, 9.17) is 0 Å². The van der Waals surface area contributed by atoms with Gasteiger partial charge in [-0.3, -0.25) is 0 Å². The molecule has 0 heterocycles. The molecule has 0 radical (unpaired) electrons. The molecule has 0 heteroatoms. The maximum atomic E-state index is 3.95. The van der Waals surface area contributed by atoms with E-state index < -0.39 is 0 Å². The zero-order chi connectivity index (χ0) is 11.4. The summed E-state index contributed by atoms with van der Waals surface area (Å²) in [5.41, 5.74) is 0. The standard InChI is InChI=1S/C16H28/c1-3-14-8-11-16(12-9-14)15-6-4-5-13(2)7-10-15/h3,13-16H,1,4-12H2,2H3. The van der Waals surface area contributed by atoms with Crippen molar-refractivity contribution in [1.29, 1.82) is 0 Å². The first-order valence-corrected chi connectivity index (χ1v) is 7.42. The van der Waals surface area contributed by atoms with Crippen molar-refractivity contribution in [1.82, 2.24) is 0 Å². The third-order valence-corrected chi connectivity index (χ3v) is 5.12. The summed E-state index contributed by atoms with van der Waals surface area (Å²) in [6, 6.07) is 0. The zero-order valence-electron chi connectivity index (χ0n) is 11.0. The summed E-state index contributed by atoms with van der Waals surface area (Å²) in [4.78, 5) is 0. The lowest BCUT2D eigenvalue weighted by Gasteiger charge is -2.32. The second-order valence-corrected chi connectivity index (χ2v) is 6.28. The molecule has 2 atom stereocenters. The molecule has 0 N–H and O–H groups in total. The van der Waals surface area contributed by atoms with Crippen LogP contribution < -0.4 is 0 Å². The Morgan fingerprint density at radius 3 is 2.12 bits per heavy atom. The van der Waals surface area contributed by atoms with Gasteiger partial charge in [0.2, 0.25) is 0 Å². The number of allylic oxidation sites excluding steroid dienone is 1. The van der Waals surface area contributed by atoms with Gasteiger partial charge < -0.3 is 0 Å². The molecule has 0 aliphatic heterocycles. The van der Waals surface area contributed by atoms with E-state index in [-0.39, 0.29) is 0 Å². The van der Waals surface area contributed by atoms with Gasteiger partial charge in [-0.2, -0.15) is 0 Å². The van der Waals surface area contributed by atoms with Crippen molar-refractivity contribution in [2.75, 3.05) is 0 Å². The van der Waals surface area contributed by atoms with Crippen LogP contribution in [0.25, 0.3) is 0 Å². The Hall–Kier alpha value is -0.260. The van der Waals surface area contributed by atoms with Gasteiger partial charge in [-0.25, -0.2) is 0 Å². The van der Waals surface area contributed by atoms with Crippen LogP contribution in [0.2, 0.25) is 0 Å². The molecule has 2 rings (SSSR count). The van der Waals surface area contributed by atoms with Gasteiger partial charge in [0.15, 0.2) is 0 Å². The second kappa shape index (κ2) is 5.89. The van der Waals surface area contributed by atoms with E-state index in [0.717, 1.165) is 23.7 Å². The first-order chi connectivity index (χ1) is 7.79. The average molecular weight is 220 g/mol. The molecule has 0 nitrogen and oxygen atoms in total. The Labute approximate surface area is 102 Å². The Morgan fingerprint density at radius 1 is 0.812 bits per heavy atom. The fourth-order valence-corrected chi connectivity index (χ4v) is 3.84. The molecule has 0 spiro atoms. The van der Waals surface area contributed by atoms with Gasteiger partial charge in [0, 0.05) is 0 Å². The quantitative estimate of drug-likeness (QED) is 0.443. The minimum Gasteiger partial charge on any atom is -0.103 e. The van der Waals surface area contributed by atoms with Gasteiger partial charge in [-0.1, -0.05) is 38.7 Å². The molecule has 0 saturated heterocycles. The first-order valence-electron chi connectivity index (χ1n) is 7.42. The normalized spacial score (nSPS) is 41.3. The predicted octanol–water partition coefficient (Wildman–Crippen LogP) is 5.20. The highest BCUT2D eigenvalue weighted by atomic mass is 14.3. The number of hydrogen-bond donors (Lipinski definition) is 0. The van der Waals surface area contributed by atoms with E-state index in [1.165, 1.54) is 57.8 Å². The summed E-state index contributed by atoms with van der Waals surface area (Å²) < 4.78 is 0. The summed E-state index contributed by atoms with van der Waals surface area (Å²) in [7, 11) is 0. The summed E-state index contributed by atoms with van der Waals surface area (Å²) in [5, 5.41) is 0. The summed E-state index contributed by atoms with van der Waals surface area (Å²) in [5.74, 6) is 3.95. The van der Waals surface area contributed by atoms with Crippen molar-refractivity contribution in [2.24, 2.45) is 23.7 Å². The maximum Gasteiger partial charge on any atom is -0.0236 e. The van der Waals surface area contributed by atoms with Gasteiger partial charge in [0.1, 0.15) is 0 Å². The third kappa shape index (κ3) is 3.12. The molecule has 0 amide bonds. The summed E-state index contributed by atoms with van der Waals surface area (Å²) in [6.45, 7) is 6.39. The maximum absolute atomic E-state index is 3.95. The van der Waals surface area contributed by atoms with Crippen LogP contribution >= 0.6 is 0 Å². The van der Waals surface area contributed by atoms with Crippen LogP contribution in [-0.2, 0) is 0 Å².